The molecule has 0 bridgehead atoms. The molecule has 0 radical (unpaired) electrons. The molecule has 3 heterocycles. The summed E-state index contributed by atoms with van der Waals surface area (Å²) in [6, 6.07) is 15.9. The predicted molar refractivity (Wildman–Crippen MR) is 162 cm³/mol. The lowest BCUT2D eigenvalue weighted by atomic mass is 9.92. The maximum absolute atomic E-state index is 13.9. The predicted octanol–water partition coefficient (Wildman–Crippen LogP) is 3.67. The van der Waals surface area contributed by atoms with Crippen LogP contribution in [0.1, 0.15) is 46.0 Å². The van der Waals surface area contributed by atoms with Gasteiger partial charge in [0, 0.05) is 25.1 Å². The highest BCUT2D eigenvalue weighted by Crippen LogP contribution is 2.30. The smallest absolute Gasteiger partial charge is 0.333 e. The number of hydrogen-bond donors (Lipinski definition) is 1. The summed E-state index contributed by atoms with van der Waals surface area (Å²) >= 11 is 0. The first-order valence-corrected chi connectivity index (χ1v) is 14.2. The first kappa shape index (κ1) is 29.6. The summed E-state index contributed by atoms with van der Waals surface area (Å²) in [7, 11) is 1.23. The number of imidazole rings is 1. The van der Waals surface area contributed by atoms with Gasteiger partial charge in [-0.05, 0) is 38.5 Å². The van der Waals surface area contributed by atoms with Crippen LogP contribution in [-0.4, -0.2) is 52.4 Å². The summed E-state index contributed by atoms with van der Waals surface area (Å²) in [6.45, 7) is 10.5. The first-order chi connectivity index (χ1) is 20.5. The van der Waals surface area contributed by atoms with E-state index in [0.29, 0.717) is 36.8 Å². The fourth-order valence-electron chi connectivity index (χ4n) is 5.16. The third-order valence-electron chi connectivity index (χ3n) is 7.08. The van der Waals surface area contributed by atoms with Crippen molar-refractivity contribution < 1.29 is 9.53 Å². The fourth-order valence-corrected chi connectivity index (χ4v) is 5.16. The minimum Gasteiger partial charge on any atom is -0.468 e. The van der Waals surface area contributed by atoms with Gasteiger partial charge < -0.3 is 9.30 Å². The van der Waals surface area contributed by atoms with Crippen molar-refractivity contribution in [3.63, 3.8) is 0 Å². The third-order valence-corrected chi connectivity index (χ3v) is 7.08. The minimum atomic E-state index is -0.674. The van der Waals surface area contributed by atoms with Crippen LogP contribution in [0, 0.1) is 11.3 Å². The average molecular weight is 585 g/mol. The van der Waals surface area contributed by atoms with Crippen LogP contribution in [0.2, 0.25) is 0 Å². The van der Waals surface area contributed by atoms with Crippen molar-refractivity contribution in [2.75, 3.05) is 7.11 Å². The lowest BCUT2D eigenvalue weighted by Gasteiger charge is -2.19. The van der Waals surface area contributed by atoms with E-state index in [2.05, 4.69) is 41.4 Å². The van der Waals surface area contributed by atoms with Crippen molar-refractivity contribution >= 4 is 17.1 Å². The van der Waals surface area contributed by atoms with Gasteiger partial charge in [0.05, 0.1) is 7.11 Å². The number of benzene rings is 2. The molecule has 0 amide bonds. The van der Waals surface area contributed by atoms with Crippen molar-refractivity contribution in [3.05, 3.63) is 80.8 Å². The highest BCUT2D eigenvalue weighted by Gasteiger charge is 2.25. The van der Waals surface area contributed by atoms with Crippen LogP contribution in [0.5, 0.6) is 0 Å². The van der Waals surface area contributed by atoms with E-state index in [0.717, 1.165) is 26.8 Å². The maximum Gasteiger partial charge on any atom is 0.333 e. The zero-order valence-electron chi connectivity index (χ0n) is 25.3. The quantitative estimate of drug-likeness (QED) is 0.259. The second-order valence-electron chi connectivity index (χ2n) is 12.3. The molecule has 1 N–H and O–H groups in total. The summed E-state index contributed by atoms with van der Waals surface area (Å²) in [5.41, 5.74) is 3.10. The molecule has 0 aliphatic rings. The Kier molecular flexibility index (Phi) is 8.12. The van der Waals surface area contributed by atoms with Gasteiger partial charge >= 0.3 is 11.7 Å². The van der Waals surface area contributed by atoms with E-state index in [1.807, 2.05) is 66.9 Å². The molecule has 0 atom stereocenters. The Labute approximate surface area is 248 Å². The lowest BCUT2D eigenvalue weighted by Crippen LogP contribution is -2.43. The summed E-state index contributed by atoms with van der Waals surface area (Å²) in [5, 5.41) is 14.3. The number of nitrogens with one attached hydrogen (secondary N) is 1. The molecular formula is C31H36N8O4. The fraction of sp³-hybridized carbons (Fsp3) is 0.387. The number of aromatic nitrogens is 8. The minimum absolute atomic E-state index is 0.101. The van der Waals surface area contributed by atoms with Crippen LogP contribution in [-0.2, 0) is 35.6 Å². The zero-order chi connectivity index (χ0) is 30.9. The molecule has 0 aliphatic carbocycles. The number of nitrogens with zero attached hydrogens (tertiary/aromatic N) is 7. The number of fused-ring (bicyclic) bond motifs is 1. The Bertz CT molecular complexity index is 1870. The topological polar surface area (TPSA) is 143 Å². The van der Waals surface area contributed by atoms with E-state index in [-0.39, 0.29) is 16.8 Å². The molecule has 0 saturated heterocycles. The second-order valence-corrected chi connectivity index (χ2v) is 12.3. The number of hydrogen-bond acceptors (Lipinski definition) is 8. The van der Waals surface area contributed by atoms with Gasteiger partial charge in [-0.25, -0.2) is 19.4 Å². The number of methoxy groups -OCH3 is 1. The number of tetrazole rings is 1. The van der Waals surface area contributed by atoms with Gasteiger partial charge in [-0.2, -0.15) is 0 Å². The van der Waals surface area contributed by atoms with E-state index in [1.54, 1.807) is 0 Å². The number of carbonyl (C=O) groups excluding carboxylic acids is 1. The molecule has 12 nitrogen and oxygen atoms in total. The number of rotatable bonds is 9. The number of esters is 1. The van der Waals surface area contributed by atoms with Gasteiger partial charge in [0.1, 0.15) is 12.4 Å². The van der Waals surface area contributed by atoms with Crippen molar-refractivity contribution in [1.82, 2.24) is 39.3 Å². The molecule has 5 aromatic rings. The Hall–Kier alpha value is -4.87. The Morgan fingerprint density at radius 1 is 0.977 bits per heavy atom. The van der Waals surface area contributed by atoms with Gasteiger partial charge in [-0.15, -0.1) is 5.10 Å². The van der Waals surface area contributed by atoms with E-state index < -0.39 is 23.8 Å². The Balaban J connectivity index is 1.64. The van der Waals surface area contributed by atoms with E-state index >= 15 is 0 Å². The van der Waals surface area contributed by atoms with Gasteiger partial charge in [-0.1, -0.05) is 83.1 Å². The van der Waals surface area contributed by atoms with Crippen LogP contribution >= 0.6 is 0 Å². The van der Waals surface area contributed by atoms with Crippen LogP contribution in [0.25, 0.3) is 33.7 Å². The normalized spacial score (nSPS) is 11.9. The summed E-state index contributed by atoms with van der Waals surface area (Å²) < 4.78 is 9.13. The summed E-state index contributed by atoms with van der Waals surface area (Å²) in [6.07, 6.45) is 0.574. The van der Waals surface area contributed by atoms with E-state index in [1.165, 1.54) is 11.7 Å². The molecule has 0 aliphatic heterocycles. The largest absolute Gasteiger partial charge is 0.468 e. The number of aromatic amines is 1. The zero-order valence-corrected chi connectivity index (χ0v) is 25.3. The second kappa shape index (κ2) is 11.8. The van der Waals surface area contributed by atoms with Gasteiger partial charge in [0.25, 0.3) is 5.56 Å². The molecular weight excluding hydrogens is 548 g/mol. The van der Waals surface area contributed by atoms with Crippen molar-refractivity contribution in [1.29, 1.82) is 0 Å². The average Bonchev–Trinajstić information content (AvgIpc) is 3.62. The molecule has 12 heteroatoms. The highest BCUT2D eigenvalue weighted by molar-refractivity contribution is 5.80. The lowest BCUT2D eigenvalue weighted by molar-refractivity contribution is -0.141. The molecule has 224 valence electrons. The SMILES string of the molecule is COC(=O)Cn1c(=O)c2c(nc(CC(C)(C)C)n2Cc2ccc(-c3ccccc3-c3nnn[nH]3)cc2)n(CC(C)C)c1=O. The molecule has 3 aromatic heterocycles. The molecule has 2 aromatic carbocycles. The van der Waals surface area contributed by atoms with Gasteiger partial charge in [0.2, 0.25) is 0 Å². The molecule has 5 rings (SSSR count). The first-order valence-electron chi connectivity index (χ1n) is 14.2. The van der Waals surface area contributed by atoms with Crippen LogP contribution < -0.4 is 11.2 Å². The van der Waals surface area contributed by atoms with E-state index in [4.69, 9.17) is 9.72 Å². The standard InChI is InChI=1S/C31H36N8O4/c1-19(2)16-38-28-26(29(41)39(30(38)42)18-25(40)43-6)37(24(32-28)15-31(3,4)5)17-20-11-13-21(14-12-20)22-9-7-8-10-23(22)27-33-35-36-34-27/h7-14,19H,15-18H2,1-6H3,(H,33,34,35,36). The summed E-state index contributed by atoms with van der Waals surface area (Å²) in [4.78, 5) is 44.5. The molecule has 43 heavy (non-hydrogen) atoms. The molecule has 0 spiro atoms. The van der Waals surface area contributed by atoms with E-state index in [9.17, 15) is 14.4 Å². The van der Waals surface area contributed by atoms with Gasteiger partial charge in [-0.3, -0.25) is 14.2 Å². The highest BCUT2D eigenvalue weighted by atomic mass is 16.5. The van der Waals surface area contributed by atoms with Crippen molar-refractivity contribution in [2.45, 2.75) is 60.7 Å². The van der Waals surface area contributed by atoms with Crippen molar-refractivity contribution in [2.24, 2.45) is 11.3 Å². The number of ether oxygens (including phenoxy) is 1. The third kappa shape index (κ3) is 6.18. The Morgan fingerprint density at radius 3 is 2.28 bits per heavy atom. The number of H-pyrrole nitrogens is 1. The van der Waals surface area contributed by atoms with Gasteiger partial charge in [0.15, 0.2) is 17.0 Å². The monoisotopic (exact) mass is 584 g/mol. The summed E-state index contributed by atoms with van der Waals surface area (Å²) in [5.74, 6) is 0.698. The molecule has 0 unspecified atom stereocenters. The van der Waals surface area contributed by atoms with Crippen LogP contribution in [0.15, 0.2) is 58.1 Å². The molecule has 0 saturated carbocycles. The Morgan fingerprint density at radius 2 is 1.67 bits per heavy atom. The maximum atomic E-state index is 13.9. The van der Waals surface area contributed by atoms with Crippen LogP contribution in [0.4, 0.5) is 0 Å². The van der Waals surface area contributed by atoms with Crippen LogP contribution in [0.3, 0.4) is 0 Å². The van der Waals surface area contributed by atoms with Crippen molar-refractivity contribution in [3.8, 4) is 22.5 Å². The molecule has 0 fully saturated rings. The number of carbonyl (C=O) groups is 1.